The number of anilines is 1. The highest BCUT2D eigenvalue weighted by atomic mass is 79.9. The minimum Gasteiger partial charge on any atom is -0.307 e. The maximum absolute atomic E-state index is 12.8. The van der Waals surface area contributed by atoms with Gasteiger partial charge in [0.1, 0.15) is 5.82 Å². The van der Waals surface area contributed by atoms with E-state index in [9.17, 15) is 4.79 Å². The van der Waals surface area contributed by atoms with Gasteiger partial charge in [-0.1, -0.05) is 46.3 Å². The topological polar surface area (TPSA) is 59.8 Å². The second kappa shape index (κ2) is 7.09. The van der Waals surface area contributed by atoms with Gasteiger partial charge in [0, 0.05) is 22.1 Å². The summed E-state index contributed by atoms with van der Waals surface area (Å²) in [6.45, 7) is 0.576. The molecule has 0 bridgehead atoms. The van der Waals surface area contributed by atoms with Crippen LogP contribution in [0.5, 0.6) is 0 Å². The normalized spacial score (nSPS) is 10.8. The molecule has 0 saturated heterocycles. The van der Waals surface area contributed by atoms with Crippen molar-refractivity contribution in [3.8, 4) is 0 Å². The van der Waals surface area contributed by atoms with Crippen LogP contribution in [-0.4, -0.2) is 20.7 Å². The molecule has 0 aliphatic rings. The maximum Gasteiger partial charge on any atom is 0.257 e. The third-order valence-corrected chi connectivity index (χ3v) is 4.63. The van der Waals surface area contributed by atoms with Gasteiger partial charge in [0.15, 0.2) is 0 Å². The number of halogens is 1. The smallest absolute Gasteiger partial charge is 0.257 e. The summed E-state index contributed by atoms with van der Waals surface area (Å²) in [5.74, 6) is 0.472. The molecule has 1 amide bonds. The van der Waals surface area contributed by atoms with Crippen LogP contribution >= 0.6 is 15.9 Å². The van der Waals surface area contributed by atoms with E-state index in [4.69, 9.17) is 0 Å². The summed E-state index contributed by atoms with van der Waals surface area (Å²) in [4.78, 5) is 17.1. The van der Waals surface area contributed by atoms with Crippen LogP contribution in [-0.2, 0) is 6.54 Å². The Balaban J connectivity index is 1.59. The molecular weight excluding hydrogens is 392 g/mol. The summed E-state index contributed by atoms with van der Waals surface area (Å²) in [6, 6.07) is 19.1. The van der Waals surface area contributed by atoms with Crippen LogP contribution in [0.4, 0.5) is 5.82 Å². The predicted octanol–water partition coefficient (Wildman–Crippen LogP) is 4.49. The number of carbonyl (C=O) groups excluding carboxylic acids is 1. The van der Waals surface area contributed by atoms with Crippen molar-refractivity contribution in [1.29, 1.82) is 0 Å². The zero-order valence-electron chi connectivity index (χ0n) is 13.8. The van der Waals surface area contributed by atoms with Crippen LogP contribution < -0.4 is 5.32 Å². The standard InChI is InChI=1S/C20H15BrN4O/c21-15-7-5-14(6-8-15)13-25-19(10-12-23-25)24-20(26)17-9-11-22-18-4-2-1-3-16(17)18/h1-12H,13H2,(H,24,26). The van der Waals surface area contributed by atoms with E-state index >= 15 is 0 Å². The van der Waals surface area contributed by atoms with Crippen LogP contribution in [0.15, 0.2) is 77.5 Å². The van der Waals surface area contributed by atoms with Gasteiger partial charge in [-0.15, -0.1) is 0 Å². The Morgan fingerprint density at radius 2 is 1.81 bits per heavy atom. The zero-order valence-corrected chi connectivity index (χ0v) is 15.3. The number of carbonyl (C=O) groups is 1. The van der Waals surface area contributed by atoms with Crippen molar-refractivity contribution in [3.05, 3.63) is 88.7 Å². The molecule has 26 heavy (non-hydrogen) atoms. The van der Waals surface area contributed by atoms with Crippen LogP contribution in [0.25, 0.3) is 10.9 Å². The van der Waals surface area contributed by atoms with Gasteiger partial charge in [0.2, 0.25) is 0 Å². The molecule has 0 saturated carbocycles. The lowest BCUT2D eigenvalue weighted by molar-refractivity contribution is 0.102. The first-order valence-corrected chi connectivity index (χ1v) is 8.91. The van der Waals surface area contributed by atoms with E-state index in [1.807, 2.05) is 48.5 Å². The molecule has 2 aromatic heterocycles. The number of hydrogen-bond donors (Lipinski definition) is 1. The van der Waals surface area contributed by atoms with Gasteiger partial charge in [0.05, 0.1) is 23.8 Å². The molecule has 0 spiro atoms. The van der Waals surface area contributed by atoms with Crippen molar-refractivity contribution in [2.24, 2.45) is 0 Å². The Morgan fingerprint density at radius 1 is 1.00 bits per heavy atom. The van der Waals surface area contributed by atoms with Gasteiger partial charge < -0.3 is 5.32 Å². The van der Waals surface area contributed by atoms with Gasteiger partial charge in [-0.25, -0.2) is 4.68 Å². The Morgan fingerprint density at radius 3 is 2.65 bits per heavy atom. The van der Waals surface area contributed by atoms with Gasteiger partial charge in [0.25, 0.3) is 5.91 Å². The first-order valence-electron chi connectivity index (χ1n) is 8.12. The quantitative estimate of drug-likeness (QED) is 0.542. The highest BCUT2D eigenvalue weighted by Gasteiger charge is 2.13. The molecule has 1 N–H and O–H groups in total. The predicted molar refractivity (Wildman–Crippen MR) is 105 cm³/mol. The summed E-state index contributed by atoms with van der Waals surface area (Å²) in [7, 11) is 0. The lowest BCUT2D eigenvalue weighted by Gasteiger charge is -2.10. The number of nitrogens with one attached hydrogen (secondary N) is 1. The number of rotatable bonds is 4. The number of para-hydroxylation sites is 1. The molecule has 2 aromatic carbocycles. The SMILES string of the molecule is O=C(Nc1ccnn1Cc1ccc(Br)cc1)c1ccnc2ccccc12. The fourth-order valence-electron chi connectivity index (χ4n) is 2.81. The molecule has 0 aliphatic heterocycles. The highest BCUT2D eigenvalue weighted by Crippen LogP contribution is 2.19. The largest absolute Gasteiger partial charge is 0.307 e. The summed E-state index contributed by atoms with van der Waals surface area (Å²) in [6.07, 6.45) is 3.33. The van der Waals surface area contributed by atoms with Crippen molar-refractivity contribution in [1.82, 2.24) is 14.8 Å². The van der Waals surface area contributed by atoms with E-state index in [0.29, 0.717) is 17.9 Å². The lowest BCUT2D eigenvalue weighted by atomic mass is 10.1. The van der Waals surface area contributed by atoms with Gasteiger partial charge in [-0.2, -0.15) is 5.10 Å². The van der Waals surface area contributed by atoms with Crippen LogP contribution in [0, 0.1) is 0 Å². The average molecular weight is 407 g/mol. The Labute approximate surface area is 158 Å². The van der Waals surface area contributed by atoms with Crippen molar-refractivity contribution >= 4 is 38.6 Å². The van der Waals surface area contributed by atoms with Crippen LogP contribution in [0.2, 0.25) is 0 Å². The summed E-state index contributed by atoms with van der Waals surface area (Å²) < 4.78 is 2.80. The minimum absolute atomic E-state index is 0.179. The van der Waals surface area contributed by atoms with Gasteiger partial charge >= 0.3 is 0 Å². The number of fused-ring (bicyclic) bond motifs is 1. The van der Waals surface area contributed by atoms with Crippen LogP contribution in [0.1, 0.15) is 15.9 Å². The molecule has 0 unspecified atom stereocenters. The van der Waals surface area contributed by atoms with E-state index in [-0.39, 0.29) is 5.91 Å². The lowest BCUT2D eigenvalue weighted by Crippen LogP contribution is -2.16. The number of amides is 1. The fraction of sp³-hybridized carbons (Fsp3) is 0.0500. The number of benzene rings is 2. The molecule has 2 heterocycles. The van der Waals surface area contributed by atoms with Crippen molar-refractivity contribution in [3.63, 3.8) is 0 Å². The first-order chi connectivity index (χ1) is 12.7. The molecular formula is C20H15BrN4O. The number of nitrogens with zero attached hydrogens (tertiary/aromatic N) is 3. The Hall–Kier alpha value is -2.99. The molecule has 4 rings (SSSR count). The molecule has 0 fully saturated rings. The highest BCUT2D eigenvalue weighted by molar-refractivity contribution is 9.10. The van der Waals surface area contributed by atoms with Crippen molar-refractivity contribution in [2.75, 3.05) is 5.32 Å². The van der Waals surface area contributed by atoms with E-state index in [2.05, 4.69) is 31.3 Å². The number of aromatic nitrogens is 3. The fourth-order valence-corrected chi connectivity index (χ4v) is 3.07. The zero-order chi connectivity index (χ0) is 17.9. The number of hydrogen-bond acceptors (Lipinski definition) is 3. The first kappa shape index (κ1) is 16.5. The van der Waals surface area contributed by atoms with Gasteiger partial charge in [-0.3, -0.25) is 9.78 Å². The van der Waals surface area contributed by atoms with Crippen molar-refractivity contribution in [2.45, 2.75) is 6.54 Å². The van der Waals surface area contributed by atoms with Crippen LogP contribution in [0.3, 0.4) is 0 Å². The third-order valence-electron chi connectivity index (χ3n) is 4.10. The molecule has 128 valence electrons. The molecule has 0 atom stereocenters. The third kappa shape index (κ3) is 3.36. The second-order valence-corrected chi connectivity index (χ2v) is 6.75. The van der Waals surface area contributed by atoms with E-state index in [1.165, 1.54) is 0 Å². The number of pyridine rings is 1. The second-order valence-electron chi connectivity index (χ2n) is 5.83. The van der Waals surface area contributed by atoms with E-state index in [1.54, 1.807) is 29.2 Å². The van der Waals surface area contributed by atoms with Crippen molar-refractivity contribution < 1.29 is 4.79 Å². The summed E-state index contributed by atoms with van der Waals surface area (Å²) in [5.41, 5.74) is 2.48. The van der Waals surface area contributed by atoms with Gasteiger partial charge in [-0.05, 0) is 29.8 Å². The average Bonchev–Trinajstić information content (AvgIpc) is 3.09. The summed E-state index contributed by atoms with van der Waals surface area (Å²) in [5, 5.41) is 8.10. The molecule has 6 heteroatoms. The maximum atomic E-state index is 12.8. The Bertz CT molecular complexity index is 1070. The van der Waals surface area contributed by atoms with E-state index in [0.717, 1.165) is 20.9 Å². The molecule has 5 nitrogen and oxygen atoms in total. The molecule has 4 aromatic rings. The minimum atomic E-state index is -0.179. The Kier molecular flexibility index (Phi) is 4.50. The summed E-state index contributed by atoms with van der Waals surface area (Å²) >= 11 is 3.43. The molecule has 0 aliphatic carbocycles. The van der Waals surface area contributed by atoms with E-state index < -0.39 is 0 Å². The monoisotopic (exact) mass is 406 g/mol. The molecule has 0 radical (unpaired) electrons.